The van der Waals surface area contributed by atoms with Crippen molar-refractivity contribution in [1.82, 2.24) is 9.13 Å². The number of fused-ring (bicyclic) bond motifs is 8. The number of rotatable bonds is 5. The molecule has 1 aliphatic heterocycles. The molecule has 11 aromatic rings. The van der Waals surface area contributed by atoms with E-state index in [-0.39, 0.29) is 0 Å². The molecule has 0 amide bonds. The van der Waals surface area contributed by atoms with Crippen molar-refractivity contribution < 1.29 is 0 Å². The van der Waals surface area contributed by atoms with Gasteiger partial charge in [0, 0.05) is 42.7 Å². The Hall–Kier alpha value is -6.85. The first-order chi connectivity index (χ1) is 28.8. The normalized spacial score (nSPS) is 13.2. The van der Waals surface area contributed by atoms with Crippen molar-refractivity contribution in [3.63, 3.8) is 0 Å². The van der Waals surface area contributed by atoms with Crippen LogP contribution in [0.25, 0.3) is 66.1 Å². The average Bonchev–Trinajstić information content (AvgIpc) is 3.81. The minimum atomic E-state index is -2.75. The van der Waals surface area contributed by atoms with E-state index in [1.165, 1.54) is 85.3 Å². The monoisotopic (exact) mass is 772 g/mol. The van der Waals surface area contributed by atoms with E-state index in [0.29, 0.717) is 0 Å². The summed E-state index contributed by atoms with van der Waals surface area (Å²) in [6.45, 7) is 0. The fourth-order valence-corrected chi connectivity index (χ4v) is 16.7. The van der Waals surface area contributed by atoms with Crippen LogP contribution in [0.4, 0.5) is 0 Å². The largest absolute Gasteiger partial charge is 0.309 e. The Bertz CT molecular complexity index is 3320. The van der Waals surface area contributed by atoms with Crippen LogP contribution in [0.2, 0.25) is 0 Å². The Morgan fingerprint density at radius 2 is 0.776 bits per heavy atom. The number of nitrogens with zero attached hydrogens (tertiary/aromatic N) is 2. The van der Waals surface area contributed by atoms with Gasteiger partial charge < -0.3 is 9.13 Å². The van der Waals surface area contributed by atoms with Crippen LogP contribution in [0.5, 0.6) is 0 Å². The SMILES string of the molecule is c1ccc(-c2ccc(-n3c4ccccc4c4ccc(-n5c6ccccc6c6ccc([Si]7(c8ccccc8)c8ccccc8Sc8ccccc87)cc65)cc43)cc2)cc1. The molecule has 0 fully saturated rings. The molecule has 0 saturated carbocycles. The third-order valence-electron chi connectivity index (χ3n) is 12.3. The van der Waals surface area contributed by atoms with Crippen LogP contribution in [0.1, 0.15) is 0 Å². The summed E-state index contributed by atoms with van der Waals surface area (Å²) < 4.78 is 4.95. The maximum atomic E-state index is 2.54. The van der Waals surface area contributed by atoms with Gasteiger partial charge >= 0.3 is 0 Å². The van der Waals surface area contributed by atoms with Gasteiger partial charge in [0.15, 0.2) is 8.07 Å². The van der Waals surface area contributed by atoms with Crippen LogP contribution in [0.15, 0.2) is 228 Å². The zero-order valence-electron chi connectivity index (χ0n) is 31.6. The van der Waals surface area contributed by atoms with Crippen molar-refractivity contribution >= 4 is 84.2 Å². The van der Waals surface area contributed by atoms with Gasteiger partial charge in [0.1, 0.15) is 0 Å². The second-order valence-corrected chi connectivity index (χ2v) is 20.1. The molecule has 3 heterocycles. The molecule has 2 nitrogen and oxygen atoms in total. The van der Waals surface area contributed by atoms with Gasteiger partial charge in [-0.25, -0.2) is 0 Å². The topological polar surface area (TPSA) is 9.86 Å². The number of aromatic nitrogens is 2. The minimum Gasteiger partial charge on any atom is -0.309 e. The van der Waals surface area contributed by atoms with Gasteiger partial charge in [-0.05, 0) is 86.5 Å². The highest BCUT2D eigenvalue weighted by molar-refractivity contribution is 8.00. The summed E-state index contributed by atoms with van der Waals surface area (Å²) in [5.41, 5.74) is 9.56. The van der Waals surface area contributed by atoms with Gasteiger partial charge in [0.25, 0.3) is 0 Å². The summed E-state index contributed by atoms with van der Waals surface area (Å²) in [5, 5.41) is 10.7. The van der Waals surface area contributed by atoms with Crippen LogP contribution < -0.4 is 20.7 Å². The molecule has 12 rings (SSSR count). The third kappa shape index (κ3) is 4.86. The van der Waals surface area contributed by atoms with Gasteiger partial charge in [0.2, 0.25) is 0 Å². The third-order valence-corrected chi connectivity index (χ3v) is 18.6. The van der Waals surface area contributed by atoms with E-state index in [1.54, 1.807) is 0 Å². The second-order valence-electron chi connectivity index (χ2n) is 15.3. The zero-order valence-corrected chi connectivity index (χ0v) is 33.4. The van der Waals surface area contributed by atoms with Crippen molar-refractivity contribution in [1.29, 1.82) is 0 Å². The summed E-state index contributed by atoms with van der Waals surface area (Å²) in [5.74, 6) is 0. The van der Waals surface area contributed by atoms with Crippen LogP contribution in [-0.2, 0) is 0 Å². The molecule has 0 aliphatic carbocycles. The molecule has 0 bridgehead atoms. The number of para-hydroxylation sites is 2. The Balaban J connectivity index is 1.13. The molecule has 0 spiro atoms. The van der Waals surface area contributed by atoms with Gasteiger partial charge in [-0.3, -0.25) is 0 Å². The second kappa shape index (κ2) is 13.1. The van der Waals surface area contributed by atoms with Crippen molar-refractivity contribution in [3.8, 4) is 22.5 Å². The van der Waals surface area contributed by atoms with Crippen LogP contribution in [0.3, 0.4) is 0 Å². The molecule has 9 aromatic carbocycles. The van der Waals surface area contributed by atoms with Crippen LogP contribution in [-0.4, -0.2) is 17.2 Å². The molecule has 0 radical (unpaired) electrons. The molecule has 0 unspecified atom stereocenters. The molecular weight excluding hydrogens is 737 g/mol. The molecule has 1 aliphatic rings. The summed E-state index contributed by atoms with van der Waals surface area (Å²) in [4.78, 5) is 2.71. The lowest BCUT2D eigenvalue weighted by molar-refractivity contribution is 1.15. The van der Waals surface area contributed by atoms with Crippen LogP contribution in [0, 0.1) is 0 Å². The molecule has 2 aromatic heterocycles. The van der Waals surface area contributed by atoms with E-state index >= 15 is 0 Å². The Kier molecular flexibility index (Phi) is 7.52. The number of hydrogen-bond acceptors (Lipinski definition) is 1. The molecule has 272 valence electrons. The van der Waals surface area contributed by atoms with Crippen molar-refractivity contribution in [2.45, 2.75) is 9.79 Å². The fourth-order valence-electron chi connectivity index (χ4n) is 9.76. The first kappa shape index (κ1) is 33.3. The summed E-state index contributed by atoms with van der Waals surface area (Å²) in [6.07, 6.45) is 0. The van der Waals surface area contributed by atoms with Crippen LogP contribution >= 0.6 is 11.8 Å². The smallest absolute Gasteiger partial charge is 0.181 e. The van der Waals surface area contributed by atoms with E-state index in [4.69, 9.17) is 0 Å². The maximum Gasteiger partial charge on any atom is 0.181 e. The quantitative estimate of drug-likeness (QED) is 0.158. The van der Waals surface area contributed by atoms with Crippen molar-refractivity contribution in [2.75, 3.05) is 0 Å². The standard InChI is InChI=1S/C54H36N2SSi/c1-3-15-37(16-4-1)38-27-29-39(30-28-38)55-47-21-9-7-19-43(47)45-33-31-40(35-49(45)55)56-48-22-10-8-20-44(48)46-34-32-42(36-50(46)56)58(41-17-5-2-6-18-41)53-25-13-11-23-51(53)57-52-24-12-14-26-54(52)58/h1-36H. The zero-order chi connectivity index (χ0) is 38.2. The van der Waals surface area contributed by atoms with E-state index in [2.05, 4.69) is 228 Å². The number of hydrogen-bond donors (Lipinski definition) is 0. The van der Waals surface area contributed by atoms with E-state index < -0.39 is 8.07 Å². The molecule has 0 atom stereocenters. The molecular formula is C54H36N2SSi. The van der Waals surface area contributed by atoms with Gasteiger partial charge in [0.05, 0.1) is 22.1 Å². The summed E-state index contributed by atoms with van der Waals surface area (Å²) in [6, 6.07) is 81.4. The first-order valence-electron chi connectivity index (χ1n) is 19.9. The predicted octanol–water partition coefficient (Wildman–Crippen LogP) is 11.4. The Morgan fingerprint density at radius 1 is 0.310 bits per heavy atom. The fraction of sp³-hybridized carbons (Fsp3) is 0. The predicted molar refractivity (Wildman–Crippen MR) is 248 cm³/mol. The summed E-state index contributed by atoms with van der Waals surface area (Å²) in [7, 11) is -2.75. The Labute approximate surface area is 342 Å². The van der Waals surface area contributed by atoms with E-state index in [9.17, 15) is 0 Å². The lowest BCUT2D eigenvalue weighted by Gasteiger charge is -2.39. The highest BCUT2D eigenvalue weighted by Crippen LogP contribution is 2.38. The highest BCUT2D eigenvalue weighted by atomic mass is 32.2. The van der Waals surface area contributed by atoms with E-state index in [1.807, 2.05) is 11.8 Å². The van der Waals surface area contributed by atoms with Crippen molar-refractivity contribution in [3.05, 3.63) is 218 Å². The average molecular weight is 773 g/mol. The molecule has 4 heteroatoms. The number of benzene rings is 9. The summed E-state index contributed by atoms with van der Waals surface area (Å²) >= 11 is 1.91. The lowest BCUT2D eigenvalue weighted by atomic mass is 10.1. The molecule has 58 heavy (non-hydrogen) atoms. The Morgan fingerprint density at radius 3 is 1.43 bits per heavy atom. The maximum absolute atomic E-state index is 2.75. The molecule has 0 N–H and O–H groups in total. The molecule has 0 saturated heterocycles. The van der Waals surface area contributed by atoms with Gasteiger partial charge in [-0.15, -0.1) is 0 Å². The van der Waals surface area contributed by atoms with Crippen molar-refractivity contribution in [2.24, 2.45) is 0 Å². The van der Waals surface area contributed by atoms with E-state index in [0.717, 1.165) is 11.4 Å². The van der Waals surface area contributed by atoms with Gasteiger partial charge in [-0.2, -0.15) is 0 Å². The van der Waals surface area contributed by atoms with Gasteiger partial charge in [-0.1, -0.05) is 176 Å². The minimum absolute atomic E-state index is 1.15. The highest BCUT2D eigenvalue weighted by Gasteiger charge is 2.47. The first-order valence-corrected chi connectivity index (χ1v) is 22.7. The lowest BCUT2D eigenvalue weighted by Crippen LogP contribution is -2.76.